The topological polar surface area (TPSA) is 55.1 Å². The van der Waals surface area contributed by atoms with Crippen LogP contribution in [-0.4, -0.2) is 20.6 Å². The Kier molecular flexibility index (Phi) is 2.89. The number of aromatic carboxylic acids is 1. The average molecular weight is 163 g/mol. The Morgan fingerprint density at radius 1 is 1.80 bits per heavy atom. The number of nitrogens with zero attached hydrogens (tertiary/aromatic N) is 2. The van der Waals surface area contributed by atoms with Crippen LogP contribution in [0.1, 0.15) is 10.5 Å². The molecule has 0 aliphatic rings. The number of carboxylic acid groups (broad SMARTS) is 1. The van der Waals surface area contributed by atoms with Gasteiger partial charge >= 0.3 is 5.97 Å². The fourth-order valence-corrected chi connectivity index (χ4v) is 0.523. The van der Waals surface area contributed by atoms with Gasteiger partial charge in [-0.15, -0.1) is 12.4 Å². The van der Waals surface area contributed by atoms with Gasteiger partial charge in [0, 0.05) is 13.2 Å². The van der Waals surface area contributed by atoms with Gasteiger partial charge in [-0.05, 0) is 0 Å². The number of halogens is 1. The average Bonchev–Trinajstić information content (AvgIpc) is 2.14. The largest absolute Gasteiger partial charge is 0.476 e. The molecule has 1 aromatic heterocycles. The maximum absolute atomic E-state index is 10.1. The third-order valence-corrected chi connectivity index (χ3v) is 0.924. The molecular formula is C5H7ClN2O2. The van der Waals surface area contributed by atoms with Gasteiger partial charge in [0.15, 0.2) is 5.69 Å². The summed E-state index contributed by atoms with van der Waals surface area (Å²) in [6.07, 6.45) is 2.89. The van der Waals surface area contributed by atoms with Gasteiger partial charge in [0.25, 0.3) is 0 Å². The number of imidazole rings is 1. The van der Waals surface area contributed by atoms with E-state index >= 15 is 0 Å². The number of rotatable bonds is 1. The van der Waals surface area contributed by atoms with Gasteiger partial charge in [-0.25, -0.2) is 9.78 Å². The minimum Gasteiger partial charge on any atom is -0.476 e. The summed E-state index contributed by atoms with van der Waals surface area (Å²) in [5.41, 5.74) is 0.0810. The zero-order valence-electron chi connectivity index (χ0n) is 5.31. The lowest BCUT2D eigenvalue weighted by Crippen LogP contribution is -1.95. The molecule has 1 N–H and O–H groups in total. The van der Waals surface area contributed by atoms with Crippen molar-refractivity contribution in [2.75, 3.05) is 0 Å². The van der Waals surface area contributed by atoms with Gasteiger partial charge in [-0.1, -0.05) is 0 Å². The summed E-state index contributed by atoms with van der Waals surface area (Å²) in [5.74, 6) is -0.990. The molecule has 1 heterocycles. The molecule has 0 unspecified atom stereocenters. The van der Waals surface area contributed by atoms with Gasteiger partial charge in [0.2, 0.25) is 0 Å². The standard InChI is InChI=1S/C5H6N2O2.ClH/c1-7-2-4(5(8)9)6-3-7;/h2-3H,1H3,(H,8,9);1H. The SMILES string of the molecule is Cl.Cn1cnc(C(=O)O)c1. The van der Waals surface area contributed by atoms with Crippen molar-refractivity contribution < 1.29 is 9.90 Å². The highest BCUT2D eigenvalue weighted by atomic mass is 35.5. The van der Waals surface area contributed by atoms with E-state index in [0.717, 1.165) is 0 Å². The van der Waals surface area contributed by atoms with Crippen LogP contribution in [0.5, 0.6) is 0 Å². The van der Waals surface area contributed by atoms with E-state index in [0.29, 0.717) is 0 Å². The third kappa shape index (κ3) is 1.73. The lowest BCUT2D eigenvalue weighted by Gasteiger charge is -1.81. The molecule has 0 aromatic carbocycles. The highest BCUT2D eigenvalue weighted by Crippen LogP contribution is 1.91. The van der Waals surface area contributed by atoms with Crippen LogP contribution in [0.4, 0.5) is 0 Å². The molecule has 5 heteroatoms. The highest BCUT2D eigenvalue weighted by molar-refractivity contribution is 5.85. The summed E-state index contributed by atoms with van der Waals surface area (Å²) >= 11 is 0. The molecule has 1 rings (SSSR count). The van der Waals surface area contributed by atoms with Crippen LogP contribution in [0.25, 0.3) is 0 Å². The second-order valence-corrected chi connectivity index (χ2v) is 1.73. The fraction of sp³-hybridized carbons (Fsp3) is 0.200. The molecule has 0 saturated carbocycles. The summed E-state index contributed by atoms with van der Waals surface area (Å²) in [5, 5.41) is 8.32. The predicted molar refractivity (Wildman–Crippen MR) is 37.4 cm³/mol. The van der Waals surface area contributed by atoms with E-state index in [1.165, 1.54) is 12.5 Å². The molecular weight excluding hydrogens is 156 g/mol. The van der Waals surface area contributed by atoms with Gasteiger partial charge in [-0.3, -0.25) is 0 Å². The molecule has 0 bridgehead atoms. The Morgan fingerprint density at radius 2 is 2.40 bits per heavy atom. The molecule has 0 radical (unpaired) electrons. The van der Waals surface area contributed by atoms with Crippen molar-refractivity contribution >= 4 is 18.4 Å². The summed E-state index contributed by atoms with van der Waals surface area (Å²) in [6, 6.07) is 0. The van der Waals surface area contributed by atoms with Crippen molar-refractivity contribution in [1.82, 2.24) is 9.55 Å². The molecule has 10 heavy (non-hydrogen) atoms. The number of hydrogen-bond donors (Lipinski definition) is 1. The van der Waals surface area contributed by atoms with Crippen LogP contribution in [-0.2, 0) is 7.05 Å². The van der Waals surface area contributed by atoms with Gasteiger partial charge in [0.05, 0.1) is 6.33 Å². The van der Waals surface area contributed by atoms with Crippen molar-refractivity contribution in [3.05, 3.63) is 18.2 Å². The van der Waals surface area contributed by atoms with Gasteiger partial charge in [-0.2, -0.15) is 0 Å². The number of aromatic nitrogens is 2. The first-order valence-corrected chi connectivity index (χ1v) is 2.41. The Hall–Kier alpha value is -1.03. The number of aryl methyl sites for hydroxylation is 1. The molecule has 0 fully saturated rings. The van der Waals surface area contributed by atoms with Crippen molar-refractivity contribution in [1.29, 1.82) is 0 Å². The molecule has 0 saturated heterocycles. The summed E-state index contributed by atoms with van der Waals surface area (Å²) < 4.78 is 1.59. The minimum absolute atomic E-state index is 0. The quantitative estimate of drug-likeness (QED) is 0.656. The molecule has 0 spiro atoms. The number of carboxylic acids is 1. The summed E-state index contributed by atoms with van der Waals surface area (Å²) in [4.78, 5) is 13.7. The van der Waals surface area contributed by atoms with Crippen molar-refractivity contribution in [3.63, 3.8) is 0 Å². The van der Waals surface area contributed by atoms with Gasteiger partial charge in [0.1, 0.15) is 0 Å². The fourth-order valence-electron chi connectivity index (χ4n) is 0.523. The second-order valence-electron chi connectivity index (χ2n) is 1.73. The maximum atomic E-state index is 10.1. The first kappa shape index (κ1) is 8.97. The summed E-state index contributed by atoms with van der Waals surface area (Å²) in [7, 11) is 1.72. The van der Waals surface area contributed by atoms with Crippen LogP contribution in [0.15, 0.2) is 12.5 Å². The molecule has 0 atom stereocenters. The van der Waals surface area contributed by atoms with E-state index in [2.05, 4.69) is 4.98 Å². The third-order valence-electron chi connectivity index (χ3n) is 0.924. The smallest absolute Gasteiger partial charge is 0.356 e. The lowest BCUT2D eigenvalue weighted by molar-refractivity contribution is 0.0691. The number of carbonyl (C=O) groups is 1. The van der Waals surface area contributed by atoms with Crippen molar-refractivity contribution in [2.24, 2.45) is 7.05 Å². The molecule has 4 nitrogen and oxygen atoms in total. The first-order valence-electron chi connectivity index (χ1n) is 2.41. The van der Waals surface area contributed by atoms with E-state index < -0.39 is 5.97 Å². The molecule has 1 aromatic rings. The Bertz CT molecular complexity index is 233. The van der Waals surface area contributed by atoms with E-state index in [-0.39, 0.29) is 18.1 Å². The highest BCUT2D eigenvalue weighted by Gasteiger charge is 2.02. The Balaban J connectivity index is 0.000000810. The number of hydrogen-bond acceptors (Lipinski definition) is 2. The zero-order valence-corrected chi connectivity index (χ0v) is 6.13. The molecule has 0 aliphatic heterocycles. The summed E-state index contributed by atoms with van der Waals surface area (Å²) in [6.45, 7) is 0. The van der Waals surface area contributed by atoms with Crippen LogP contribution < -0.4 is 0 Å². The monoisotopic (exact) mass is 162 g/mol. The molecule has 0 aliphatic carbocycles. The normalized spacial score (nSPS) is 8.50. The Labute approximate surface area is 63.9 Å². The minimum atomic E-state index is -0.990. The predicted octanol–water partition coefficient (Wildman–Crippen LogP) is 0.540. The van der Waals surface area contributed by atoms with E-state index in [1.54, 1.807) is 11.6 Å². The zero-order chi connectivity index (χ0) is 6.85. The van der Waals surface area contributed by atoms with Crippen LogP contribution >= 0.6 is 12.4 Å². The van der Waals surface area contributed by atoms with E-state index in [9.17, 15) is 4.79 Å². The van der Waals surface area contributed by atoms with Crippen LogP contribution in [0.3, 0.4) is 0 Å². The van der Waals surface area contributed by atoms with E-state index in [4.69, 9.17) is 5.11 Å². The van der Waals surface area contributed by atoms with E-state index in [1.807, 2.05) is 0 Å². The van der Waals surface area contributed by atoms with Crippen molar-refractivity contribution in [3.8, 4) is 0 Å². The Morgan fingerprint density at radius 3 is 2.60 bits per heavy atom. The molecule has 56 valence electrons. The molecule has 0 amide bonds. The maximum Gasteiger partial charge on any atom is 0.356 e. The second kappa shape index (κ2) is 3.22. The van der Waals surface area contributed by atoms with Gasteiger partial charge < -0.3 is 9.67 Å². The van der Waals surface area contributed by atoms with Crippen LogP contribution in [0, 0.1) is 0 Å². The van der Waals surface area contributed by atoms with Crippen LogP contribution in [0.2, 0.25) is 0 Å². The van der Waals surface area contributed by atoms with Crippen molar-refractivity contribution in [2.45, 2.75) is 0 Å². The first-order chi connectivity index (χ1) is 4.20. The lowest BCUT2D eigenvalue weighted by atomic mass is 10.5.